The van der Waals surface area contributed by atoms with Crippen LogP contribution in [0.2, 0.25) is 5.02 Å². The Labute approximate surface area is 173 Å². The number of hydrogen-bond donors (Lipinski definition) is 1. The number of anilines is 1. The van der Waals surface area contributed by atoms with E-state index in [1.54, 1.807) is 35.3 Å². The third kappa shape index (κ3) is 3.59. The van der Waals surface area contributed by atoms with Crippen molar-refractivity contribution in [1.82, 2.24) is 19.5 Å². The Balaban J connectivity index is 1.80. The van der Waals surface area contributed by atoms with Gasteiger partial charge in [0.25, 0.3) is 5.91 Å². The van der Waals surface area contributed by atoms with Gasteiger partial charge >= 0.3 is 6.18 Å². The average molecular weight is 432 g/mol. The zero-order valence-corrected chi connectivity index (χ0v) is 16.2. The van der Waals surface area contributed by atoms with Gasteiger partial charge in [-0.05, 0) is 19.1 Å². The van der Waals surface area contributed by atoms with Crippen molar-refractivity contribution in [3.8, 4) is 5.69 Å². The van der Waals surface area contributed by atoms with E-state index < -0.39 is 23.2 Å². The highest BCUT2D eigenvalue weighted by atomic mass is 35.5. The molecular formula is C20H13ClF3N5O. The van der Waals surface area contributed by atoms with Gasteiger partial charge < -0.3 is 9.88 Å². The minimum Gasteiger partial charge on any atom is -0.320 e. The number of pyridine rings is 2. The van der Waals surface area contributed by atoms with Crippen molar-refractivity contribution in [2.75, 3.05) is 5.32 Å². The van der Waals surface area contributed by atoms with Crippen molar-refractivity contribution in [3.05, 3.63) is 77.2 Å². The number of amides is 1. The summed E-state index contributed by atoms with van der Waals surface area (Å²) in [7, 11) is 0. The summed E-state index contributed by atoms with van der Waals surface area (Å²) < 4.78 is 41.5. The number of rotatable bonds is 3. The molecule has 0 aliphatic rings. The van der Waals surface area contributed by atoms with E-state index in [0.717, 1.165) is 24.2 Å². The van der Waals surface area contributed by atoms with Crippen LogP contribution in [0.4, 0.5) is 18.9 Å². The van der Waals surface area contributed by atoms with E-state index in [1.165, 1.54) is 6.20 Å². The van der Waals surface area contributed by atoms with E-state index in [0.29, 0.717) is 21.6 Å². The van der Waals surface area contributed by atoms with Crippen molar-refractivity contribution in [2.45, 2.75) is 13.1 Å². The van der Waals surface area contributed by atoms with Crippen LogP contribution in [0.5, 0.6) is 0 Å². The van der Waals surface area contributed by atoms with Gasteiger partial charge in [-0.2, -0.15) is 13.2 Å². The fourth-order valence-electron chi connectivity index (χ4n) is 3.10. The Bertz CT molecular complexity index is 1270. The number of nitrogens with zero attached hydrogens (tertiary/aromatic N) is 4. The molecule has 1 amide bonds. The molecule has 0 bridgehead atoms. The smallest absolute Gasteiger partial charge is 0.320 e. The van der Waals surface area contributed by atoms with E-state index >= 15 is 0 Å². The summed E-state index contributed by atoms with van der Waals surface area (Å²) in [5, 5.41) is 3.46. The Hall–Kier alpha value is -3.46. The lowest BCUT2D eigenvalue weighted by Gasteiger charge is -2.14. The maximum absolute atomic E-state index is 13.2. The van der Waals surface area contributed by atoms with Gasteiger partial charge in [-0.3, -0.25) is 14.8 Å². The van der Waals surface area contributed by atoms with Gasteiger partial charge in [0, 0.05) is 30.2 Å². The number of fused-ring (bicyclic) bond motifs is 1. The molecule has 0 saturated heterocycles. The van der Waals surface area contributed by atoms with Crippen molar-refractivity contribution < 1.29 is 18.0 Å². The molecule has 0 atom stereocenters. The van der Waals surface area contributed by atoms with E-state index in [1.807, 2.05) is 6.92 Å². The molecule has 30 heavy (non-hydrogen) atoms. The van der Waals surface area contributed by atoms with E-state index in [4.69, 9.17) is 11.6 Å². The van der Waals surface area contributed by atoms with Crippen LogP contribution in [0.25, 0.3) is 16.6 Å². The van der Waals surface area contributed by atoms with Gasteiger partial charge in [0.15, 0.2) is 0 Å². The Morgan fingerprint density at radius 1 is 1.17 bits per heavy atom. The van der Waals surface area contributed by atoms with E-state index in [9.17, 15) is 18.0 Å². The normalized spacial score (nSPS) is 11.6. The van der Waals surface area contributed by atoms with Crippen LogP contribution in [0.15, 0.2) is 55.4 Å². The van der Waals surface area contributed by atoms with Crippen molar-refractivity contribution in [1.29, 1.82) is 0 Å². The summed E-state index contributed by atoms with van der Waals surface area (Å²) >= 11 is 6.34. The van der Waals surface area contributed by atoms with Crippen molar-refractivity contribution in [3.63, 3.8) is 0 Å². The van der Waals surface area contributed by atoms with Crippen LogP contribution >= 0.6 is 11.6 Å². The third-order valence-electron chi connectivity index (χ3n) is 4.41. The number of para-hydroxylation sites is 1. The highest BCUT2D eigenvalue weighted by Gasteiger charge is 2.35. The molecule has 10 heteroatoms. The number of carbonyl (C=O) groups is 1. The van der Waals surface area contributed by atoms with Crippen LogP contribution in [-0.4, -0.2) is 25.4 Å². The maximum Gasteiger partial charge on any atom is 0.417 e. The van der Waals surface area contributed by atoms with Crippen molar-refractivity contribution >= 4 is 34.1 Å². The Kier molecular flexibility index (Phi) is 4.90. The molecule has 0 radical (unpaired) electrons. The van der Waals surface area contributed by atoms with Gasteiger partial charge in [-0.1, -0.05) is 23.7 Å². The molecule has 4 rings (SSSR count). The van der Waals surface area contributed by atoms with Crippen LogP contribution < -0.4 is 5.32 Å². The number of alkyl halides is 3. The zero-order valence-electron chi connectivity index (χ0n) is 15.4. The number of halogens is 4. The van der Waals surface area contributed by atoms with Crippen LogP contribution in [0.3, 0.4) is 0 Å². The molecule has 1 N–H and O–H groups in total. The minimum atomic E-state index is -4.69. The predicted molar refractivity (Wildman–Crippen MR) is 106 cm³/mol. The largest absolute Gasteiger partial charge is 0.417 e. The molecule has 3 heterocycles. The quantitative estimate of drug-likeness (QED) is 0.492. The SMILES string of the molecule is Cc1cn(-c2c(Cl)cnc3c(NC(=O)c4cnccc4C(F)(F)F)cccc23)cn1. The average Bonchev–Trinajstić information content (AvgIpc) is 3.13. The summed E-state index contributed by atoms with van der Waals surface area (Å²) in [6.45, 7) is 1.82. The lowest BCUT2D eigenvalue weighted by atomic mass is 10.1. The Morgan fingerprint density at radius 3 is 2.67 bits per heavy atom. The van der Waals surface area contributed by atoms with Crippen LogP contribution in [0, 0.1) is 6.92 Å². The van der Waals surface area contributed by atoms with Crippen LogP contribution in [0.1, 0.15) is 21.6 Å². The van der Waals surface area contributed by atoms with Gasteiger partial charge in [-0.25, -0.2) is 4.98 Å². The zero-order chi connectivity index (χ0) is 21.5. The minimum absolute atomic E-state index is 0.240. The number of nitrogens with one attached hydrogen (secondary N) is 1. The third-order valence-corrected chi connectivity index (χ3v) is 4.69. The van der Waals surface area contributed by atoms with E-state index in [-0.39, 0.29) is 5.69 Å². The summed E-state index contributed by atoms with van der Waals surface area (Å²) in [6.07, 6.45) is 1.96. The number of benzene rings is 1. The van der Waals surface area contributed by atoms with Crippen LogP contribution in [-0.2, 0) is 6.18 Å². The van der Waals surface area contributed by atoms with Gasteiger partial charge in [0.05, 0.1) is 45.1 Å². The van der Waals surface area contributed by atoms with Gasteiger partial charge in [-0.15, -0.1) is 0 Å². The fourth-order valence-corrected chi connectivity index (χ4v) is 3.35. The first-order chi connectivity index (χ1) is 14.3. The van der Waals surface area contributed by atoms with E-state index in [2.05, 4.69) is 20.3 Å². The number of aromatic nitrogens is 4. The molecular weight excluding hydrogens is 419 g/mol. The monoisotopic (exact) mass is 431 g/mol. The summed E-state index contributed by atoms with van der Waals surface area (Å²) in [5.74, 6) is -0.945. The first-order valence-electron chi connectivity index (χ1n) is 8.66. The topological polar surface area (TPSA) is 72.7 Å². The Morgan fingerprint density at radius 2 is 1.97 bits per heavy atom. The van der Waals surface area contributed by atoms with Crippen molar-refractivity contribution in [2.24, 2.45) is 0 Å². The second-order valence-electron chi connectivity index (χ2n) is 6.45. The first-order valence-corrected chi connectivity index (χ1v) is 9.04. The molecule has 152 valence electrons. The lowest BCUT2D eigenvalue weighted by molar-refractivity contribution is -0.138. The standard InChI is InChI=1S/C20H13ClF3N5O/c1-11-9-29(10-27-11)18-12-3-2-4-16(17(12)26-8-15(18)21)28-19(30)13-7-25-6-5-14(13)20(22,23)24/h2-10H,1H3,(H,28,30). The summed E-state index contributed by atoms with van der Waals surface area (Å²) in [4.78, 5) is 24.7. The highest BCUT2D eigenvalue weighted by molar-refractivity contribution is 6.33. The molecule has 0 saturated carbocycles. The number of hydrogen-bond acceptors (Lipinski definition) is 4. The molecule has 4 aromatic rings. The number of aryl methyl sites for hydroxylation is 1. The predicted octanol–water partition coefficient (Wildman–Crippen LogP) is 5.05. The molecule has 3 aromatic heterocycles. The molecule has 1 aromatic carbocycles. The molecule has 0 unspecified atom stereocenters. The molecule has 0 fully saturated rings. The second kappa shape index (κ2) is 7.42. The highest BCUT2D eigenvalue weighted by Crippen LogP contribution is 2.34. The maximum atomic E-state index is 13.2. The number of carbonyl (C=O) groups excluding carboxylic acids is 1. The summed E-state index contributed by atoms with van der Waals surface area (Å²) in [6, 6.07) is 5.71. The lowest BCUT2D eigenvalue weighted by Crippen LogP contribution is -2.19. The second-order valence-corrected chi connectivity index (χ2v) is 6.86. The fraction of sp³-hybridized carbons (Fsp3) is 0.100. The molecule has 0 aliphatic heterocycles. The molecule has 0 aliphatic carbocycles. The number of imidazole rings is 1. The molecule has 0 spiro atoms. The molecule has 6 nitrogen and oxygen atoms in total. The van der Waals surface area contributed by atoms with Gasteiger partial charge in [0.2, 0.25) is 0 Å². The first kappa shape index (κ1) is 19.8. The summed E-state index contributed by atoms with van der Waals surface area (Å²) in [5.41, 5.74) is 0.327. The van der Waals surface area contributed by atoms with Gasteiger partial charge in [0.1, 0.15) is 0 Å².